The van der Waals surface area contributed by atoms with Crippen LogP contribution in [0, 0.1) is 17.6 Å². The first-order valence-electron chi connectivity index (χ1n) is 10.3. The molecule has 3 aromatic rings. The second kappa shape index (κ2) is 10.1. The van der Waals surface area contributed by atoms with Crippen LogP contribution in [0.25, 0.3) is 0 Å². The topological polar surface area (TPSA) is 58.2 Å². The SMILES string of the molecule is O=C(Nc1ccc(F)cc1F)c1cc(NC(=O)[C@H]2[C@H](c3ccc(Br)c(C(F)(F)F)c3)C2(Cl)Cl)ccc1Cl. The Morgan fingerprint density at radius 1 is 0.946 bits per heavy atom. The number of carbonyl (C=O) groups is 2. The van der Waals surface area contributed by atoms with Gasteiger partial charge < -0.3 is 10.6 Å². The molecule has 2 atom stereocenters. The highest BCUT2D eigenvalue weighted by Gasteiger charge is 2.67. The van der Waals surface area contributed by atoms with E-state index in [0.29, 0.717) is 6.07 Å². The summed E-state index contributed by atoms with van der Waals surface area (Å²) >= 11 is 21.5. The number of amides is 2. The molecule has 1 aliphatic carbocycles. The summed E-state index contributed by atoms with van der Waals surface area (Å²) in [6, 6.07) is 9.92. The minimum absolute atomic E-state index is 0.0270. The van der Waals surface area contributed by atoms with Gasteiger partial charge in [0.05, 0.1) is 27.8 Å². The van der Waals surface area contributed by atoms with Crippen LogP contribution in [0.3, 0.4) is 0 Å². The summed E-state index contributed by atoms with van der Waals surface area (Å²) in [5, 5.41) is 4.75. The van der Waals surface area contributed by atoms with Gasteiger partial charge in [-0.2, -0.15) is 13.2 Å². The summed E-state index contributed by atoms with van der Waals surface area (Å²) in [6.45, 7) is 0. The minimum atomic E-state index is -4.64. The van der Waals surface area contributed by atoms with Crippen molar-refractivity contribution in [2.45, 2.75) is 16.4 Å². The highest BCUT2D eigenvalue weighted by atomic mass is 79.9. The average molecular weight is 643 g/mol. The molecule has 0 saturated heterocycles. The maximum atomic E-state index is 13.9. The lowest BCUT2D eigenvalue weighted by atomic mass is 10.0. The van der Waals surface area contributed by atoms with E-state index in [4.69, 9.17) is 34.8 Å². The van der Waals surface area contributed by atoms with Crippen LogP contribution in [0.5, 0.6) is 0 Å². The summed E-state index contributed by atoms with van der Waals surface area (Å²) < 4.78 is 65.1. The number of rotatable bonds is 5. The third kappa shape index (κ3) is 5.72. The molecule has 1 saturated carbocycles. The standard InChI is InChI=1S/C24H13BrCl3F5N2O2/c25-15-4-1-10(7-14(15)24(31,32)33)19-20(23(19,27)28)22(37)34-12-3-5-16(26)13(9-12)21(36)35-18-6-2-11(29)8-17(18)30/h1-9,19-20H,(H,34,37)(H,35,36)/t19-,20+/m0/s1. The van der Waals surface area contributed by atoms with Gasteiger partial charge in [0.1, 0.15) is 16.0 Å². The van der Waals surface area contributed by atoms with E-state index in [1.807, 2.05) is 0 Å². The van der Waals surface area contributed by atoms with E-state index >= 15 is 0 Å². The maximum Gasteiger partial charge on any atom is 0.417 e. The maximum absolute atomic E-state index is 13.9. The Hall–Kier alpha value is -2.40. The van der Waals surface area contributed by atoms with Crippen molar-refractivity contribution in [3.05, 3.63) is 92.4 Å². The van der Waals surface area contributed by atoms with Gasteiger partial charge >= 0.3 is 6.18 Å². The van der Waals surface area contributed by atoms with Crippen molar-refractivity contribution in [2.75, 3.05) is 10.6 Å². The van der Waals surface area contributed by atoms with Gasteiger partial charge in [-0.3, -0.25) is 9.59 Å². The average Bonchev–Trinajstić information content (AvgIpc) is 3.38. The number of hydrogen-bond acceptors (Lipinski definition) is 2. The van der Waals surface area contributed by atoms with Gasteiger partial charge in [0.15, 0.2) is 0 Å². The molecule has 0 aliphatic heterocycles. The van der Waals surface area contributed by atoms with Crippen LogP contribution < -0.4 is 10.6 Å². The predicted molar refractivity (Wildman–Crippen MR) is 134 cm³/mol. The Balaban J connectivity index is 1.53. The smallest absolute Gasteiger partial charge is 0.326 e. The zero-order valence-corrected chi connectivity index (χ0v) is 21.9. The molecule has 194 valence electrons. The molecule has 3 aromatic carbocycles. The Morgan fingerprint density at radius 2 is 1.65 bits per heavy atom. The molecule has 1 fully saturated rings. The summed E-state index contributed by atoms with van der Waals surface area (Å²) in [5.74, 6) is -5.40. The molecule has 1 aliphatic rings. The van der Waals surface area contributed by atoms with E-state index < -0.39 is 51.4 Å². The number of nitrogens with one attached hydrogen (secondary N) is 2. The van der Waals surface area contributed by atoms with Crippen molar-refractivity contribution >= 4 is 73.9 Å². The van der Waals surface area contributed by atoms with Gasteiger partial charge in [-0.25, -0.2) is 8.78 Å². The number of hydrogen-bond donors (Lipinski definition) is 2. The third-order valence-corrected chi connectivity index (χ3v) is 7.61. The monoisotopic (exact) mass is 640 g/mol. The minimum Gasteiger partial charge on any atom is -0.326 e. The molecule has 37 heavy (non-hydrogen) atoms. The third-order valence-electron chi connectivity index (χ3n) is 5.65. The van der Waals surface area contributed by atoms with E-state index in [9.17, 15) is 31.5 Å². The molecule has 13 heteroatoms. The Labute approximate surface area is 230 Å². The molecule has 0 spiro atoms. The van der Waals surface area contributed by atoms with Crippen LogP contribution in [0.1, 0.15) is 27.4 Å². The van der Waals surface area contributed by atoms with Crippen molar-refractivity contribution in [2.24, 2.45) is 5.92 Å². The quantitative estimate of drug-likeness (QED) is 0.218. The van der Waals surface area contributed by atoms with Crippen LogP contribution in [0.2, 0.25) is 5.02 Å². The molecule has 2 N–H and O–H groups in total. The molecular weight excluding hydrogens is 630 g/mol. The van der Waals surface area contributed by atoms with Gasteiger partial charge in [0, 0.05) is 22.1 Å². The summed E-state index contributed by atoms with van der Waals surface area (Å²) in [7, 11) is 0. The summed E-state index contributed by atoms with van der Waals surface area (Å²) in [5.41, 5.74) is -1.15. The highest BCUT2D eigenvalue weighted by Crippen LogP contribution is 2.65. The van der Waals surface area contributed by atoms with Crippen LogP contribution in [0.4, 0.5) is 33.3 Å². The second-order valence-electron chi connectivity index (χ2n) is 8.13. The molecule has 4 rings (SSSR count). The molecule has 0 heterocycles. The van der Waals surface area contributed by atoms with E-state index in [1.165, 1.54) is 30.3 Å². The van der Waals surface area contributed by atoms with Gasteiger partial charge in [0.2, 0.25) is 5.91 Å². The first-order chi connectivity index (χ1) is 17.2. The van der Waals surface area contributed by atoms with Crippen molar-refractivity contribution in [3.63, 3.8) is 0 Å². The second-order valence-corrected chi connectivity index (χ2v) is 10.8. The lowest BCUT2D eigenvalue weighted by Crippen LogP contribution is -2.18. The Morgan fingerprint density at radius 3 is 2.30 bits per heavy atom. The van der Waals surface area contributed by atoms with Crippen molar-refractivity contribution in [1.29, 1.82) is 0 Å². The van der Waals surface area contributed by atoms with Crippen molar-refractivity contribution < 1.29 is 31.5 Å². The Bertz CT molecular complexity index is 1420. The predicted octanol–water partition coefficient (Wildman–Crippen LogP) is 8.18. The van der Waals surface area contributed by atoms with Crippen LogP contribution >= 0.6 is 50.7 Å². The fourth-order valence-corrected chi connectivity index (χ4v) is 5.30. The lowest BCUT2D eigenvalue weighted by Gasteiger charge is -2.12. The number of benzene rings is 3. The summed E-state index contributed by atoms with van der Waals surface area (Å²) in [4.78, 5) is 25.6. The molecule has 0 aromatic heterocycles. The first-order valence-corrected chi connectivity index (χ1v) is 12.2. The van der Waals surface area contributed by atoms with Gasteiger partial charge in [-0.15, -0.1) is 23.2 Å². The number of carbonyl (C=O) groups excluding carboxylic acids is 2. The Kier molecular flexibility index (Phi) is 7.51. The van der Waals surface area contributed by atoms with Gasteiger partial charge in [0.25, 0.3) is 5.91 Å². The van der Waals surface area contributed by atoms with Crippen molar-refractivity contribution in [3.8, 4) is 0 Å². The van der Waals surface area contributed by atoms with Gasteiger partial charge in [-0.05, 0) is 48.0 Å². The summed E-state index contributed by atoms with van der Waals surface area (Å²) in [6.07, 6.45) is -4.64. The van der Waals surface area contributed by atoms with Crippen LogP contribution in [0.15, 0.2) is 59.1 Å². The molecule has 0 unspecified atom stereocenters. The van der Waals surface area contributed by atoms with Crippen molar-refractivity contribution in [1.82, 2.24) is 0 Å². The molecular formula is C24H13BrCl3F5N2O2. The van der Waals surface area contributed by atoms with Crippen LogP contribution in [-0.4, -0.2) is 16.1 Å². The number of alkyl halides is 5. The van der Waals surface area contributed by atoms with E-state index in [-0.39, 0.29) is 32.0 Å². The molecule has 0 bridgehead atoms. The number of halogens is 9. The fraction of sp³-hybridized carbons (Fsp3) is 0.167. The fourth-order valence-electron chi connectivity index (χ4n) is 3.80. The highest BCUT2D eigenvalue weighted by molar-refractivity contribution is 9.10. The zero-order chi connectivity index (χ0) is 27.3. The zero-order valence-electron chi connectivity index (χ0n) is 18.1. The van der Waals surface area contributed by atoms with E-state index in [0.717, 1.165) is 18.2 Å². The lowest BCUT2D eigenvalue weighted by molar-refractivity contribution is -0.138. The normalized spacial score (nSPS) is 18.3. The van der Waals surface area contributed by atoms with E-state index in [2.05, 4.69) is 26.6 Å². The first kappa shape index (κ1) is 27.6. The van der Waals surface area contributed by atoms with Crippen LogP contribution in [-0.2, 0) is 11.0 Å². The van der Waals surface area contributed by atoms with E-state index in [1.54, 1.807) is 0 Å². The largest absolute Gasteiger partial charge is 0.417 e. The molecule has 4 nitrogen and oxygen atoms in total. The number of anilines is 2. The van der Waals surface area contributed by atoms with Gasteiger partial charge in [-0.1, -0.05) is 33.6 Å². The molecule has 0 radical (unpaired) electrons. The molecule has 2 amide bonds.